The van der Waals surface area contributed by atoms with Crippen molar-refractivity contribution in [2.24, 2.45) is 0 Å². The lowest BCUT2D eigenvalue weighted by molar-refractivity contribution is 0.653. The van der Waals surface area contributed by atoms with Gasteiger partial charge in [-0.3, -0.25) is 4.57 Å². The highest BCUT2D eigenvalue weighted by Crippen LogP contribution is 2.47. The maximum Gasteiger partial charge on any atom is 0.233 e. The Morgan fingerprint density at radius 2 is 0.980 bits per heavy atom. The lowest BCUT2D eigenvalue weighted by atomic mass is 10.0. The second-order valence-electron chi connectivity index (χ2n) is 13.4. The Morgan fingerprint density at radius 3 is 1.76 bits per heavy atom. The summed E-state index contributed by atoms with van der Waals surface area (Å²) in [4.78, 5) is 10.6. The zero-order valence-electron chi connectivity index (χ0n) is 27.2. The van der Waals surface area contributed by atoms with E-state index < -0.39 is 0 Å². The lowest BCUT2D eigenvalue weighted by Gasteiger charge is -2.12. The number of benzene rings is 7. The predicted octanol–water partition coefficient (Wildman–Crippen LogP) is 12.0. The van der Waals surface area contributed by atoms with Crippen molar-refractivity contribution in [2.75, 3.05) is 0 Å². The minimum Gasteiger partial charge on any atom is -0.437 e. The van der Waals surface area contributed by atoms with E-state index >= 15 is 0 Å². The first kappa shape index (κ1) is 26.9. The van der Waals surface area contributed by atoms with E-state index in [1.165, 1.54) is 54.4 Å². The maximum absolute atomic E-state index is 6.54. The van der Waals surface area contributed by atoms with E-state index in [0.29, 0.717) is 11.5 Å². The Labute approximate surface area is 290 Å². The summed E-state index contributed by atoms with van der Waals surface area (Å²) in [6, 6.07) is 55.8. The van der Waals surface area contributed by atoms with Crippen molar-refractivity contribution < 1.29 is 4.42 Å². The molecule has 0 unspecified atom stereocenters. The van der Waals surface area contributed by atoms with Crippen LogP contribution in [-0.2, 0) is 0 Å². The summed E-state index contributed by atoms with van der Waals surface area (Å²) < 4.78 is 11.4. The van der Waals surface area contributed by atoms with Crippen molar-refractivity contribution in [2.45, 2.75) is 0 Å². The molecular weight excluding hydrogens is 625 g/mol. The summed E-state index contributed by atoms with van der Waals surface area (Å²) in [5.41, 5.74) is 10.5. The van der Waals surface area contributed by atoms with Crippen molar-refractivity contribution in [3.05, 3.63) is 158 Å². The molecule has 0 fully saturated rings. The summed E-state index contributed by atoms with van der Waals surface area (Å²) >= 11 is 0. The average molecular weight is 651 g/mol. The van der Waals surface area contributed by atoms with E-state index in [4.69, 9.17) is 14.4 Å². The second-order valence-corrected chi connectivity index (χ2v) is 13.4. The zero-order valence-corrected chi connectivity index (χ0v) is 27.2. The molecule has 0 radical (unpaired) electrons. The quantitative estimate of drug-likeness (QED) is 0.191. The Bertz CT molecular complexity index is 3350. The highest BCUT2D eigenvalue weighted by Gasteiger charge is 2.27. The van der Waals surface area contributed by atoms with Crippen LogP contribution < -0.4 is 0 Å². The Balaban J connectivity index is 1.26. The van der Waals surface area contributed by atoms with Gasteiger partial charge in [0.25, 0.3) is 0 Å². The molecule has 0 spiro atoms. The molecule has 5 heterocycles. The van der Waals surface area contributed by atoms with Crippen LogP contribution in [0.4, 0.5) is 0 Å². The van der Waals surface area contributed by atoms with Crippen LogP contribution in [0, 0.1) is 0 Å². The third-order valence-electron chi connectivity index (χ3n) is 10.7. The molecule has 0 saturated heterocycles. The Morgan fingerprint density at radius 1 is 0.412 bits per heavy atom. The first-order chi connectivity index (χ1) is 25.3. The van der Waals surface area contributed by atoms with Gasteiger partial charge >= 0.3 is 0 Å². The molecule has 5 nitrogen and oxygen atoms in total. The minimum atomic E-state index is 0.571. The molecule has 0 aliphatic heterocycles. The fourth-order valence-corrected chi connectivity index (χ4v) is 8.51. The molecule has 0 bridgehead atoms. The van der Waals surface area contributed by atoms with Crippen LogP contribution in [0.5, 0.6) is 0 Å². The molecule has 5 aromatic heterocycles. The van der Waals surface area contributed by atoms with Gasteiger partial charge in [0.15, 0.2) is 11.6 Å². The lowest BCUT2D eigenvalue weighted by Crippen LogP contribution is -2.02. The van der Waals surface area contributed by atoms with Crippen LogP contribution in [0.15, 0.2) is 162 Å². The molecule has 0 saturated carbocycles. The van der Waals surface area contributed by atoms with Crippen molar-refractivity contribution in [3.8, 4) is 28.3 Å². The van der Waals surface area contributed by atoms with E-state index in [1.807, 2.05) is 18.2 Å². The minimum absolute atomic E-state index is 0.571. The second kappa shape index (κ2) is 9.80. The van der Waals surface area contributed by atoms with Crippen molar-refractivity contribution in [1.29, 1.82) is 0 Å². The van der Waals surface area contributed by atoms with E-state index in [1.54, 1.807) is 0 Å². The van der Waals surface area contributed by atoms with Gasteiger partial charge in [-0.25, -0.2) is 4.98 Å². The molecule has 51 heavy (non-hydrogen) atoms. The van der Waals surface area contributed by atoms with Gasteiger partial charge in [-0.15, -0.1) is 0 Å². The van der Waals surface area contributed by atoms with Crippen LogP contribution in [-0.4, -0.2) is 18.9 Å². The van der Waals surface area contributed by atoms with Crippen molar-refractivity contribution in [1.82, 2.24) is 18.9 Å². The summed E-state index contributed by atoms with van der Waals surface area (Å²) in [7, 11) is 0. The number of hydrogen-bond donors (Lipinski definition) is 0. The third-order valence-corrected chi connectivity index (χ3v) is 10.7. The van der Waals surface area contributed by atoms with Crippen molar-refractivity contribution in [3.63, 3.8) is 0 Å². The van der Waals surface area contributed by atoms with E-state index in [0.717, 1.165) is 44.3 Å². The number of nitrogens with zero attached hydrogens (tertiary/aromatic N) is 4. The predicted molar refractivity (Wildman–Crippen MR) is 209 cm³/mol. The molecule has 236 valence electrons. The number of aromatic nitrogens is 4. The third kappa shape index (κ3) is 3.54. The SMILES string of the molecule is c1ccc(-c2ccc(-c3nc(-n4c5ccccc5c5cc6c7ccccc7n7c8ccccc8c(c54)c67)c4c(n3)oc3ccccc34)cc2)cc1. The number of fused-ring (bicyclic) bond motifs is 13. The van der Waals surface area contributed by atoms with Gasteiger partial charge in [0, 0.05) is 43.3 Å². The number of hydrogen-bond acceptors (Lipinski definition) is 3. The summed E-state index contributed by atoms with van der Waals surface area (Å²) in [5.74, 6) is 1.43. The molecule has 0 aliphatic rings. The highest BCUT2D eigenvalue weighted by molar-refractivity contribution is 6.34. The van der Waals surface area contributed by atoms with Crippen LogP contribution in [0.1, 0.15) is 0 Å². The summed E-state index contributed by atoms with van der Waals surface area (Å²) in [6.07, 6.45) is 0. The fraction of sp³-hybridized carbons (Fsp3) is 0. The Kier molecular flexibility index (Phi) is 5.17. The maximum atomic E-state index is 6.54. The van der Waals surface area contributed by atoms with Gasteiger partial charge in [-0.1, -0.05) is 127 Å². The fourth-order valence-electron chi connectivity index (χ4n) is 8.51. The van der Waals surface area contributed by atoms with Crippen molar-refractivity contribution >= 4 is 82.0 Å². The van der Waals surface area contributed by atoms with Crippen LogP contribution >= 0.6 is 0 Å². The van der Waals surface area contributed by atoms with E-state index in [2.05, 4.69) is 148 Å². The topological polar surface area (TPSA) is 48.3 Å². The number of rotatable bonds is 3. The largest absolute Gasteiger partial charge is 0.437 e. The standard InChI is InChI=1S/C46H26N4O/c1-2-12-27(13-3-1)28-22-24-29(25-23-28)44-47-45(41-33-17-7-11-21-39(33)51-46(41)48-44)50-37-19-9-5-15-31(37)35-26-34-30-14-4-8-18-36(30)49-38-20-10-6-16-32(38)40(42(34)49)43(35)50/h1-26H. The first-order valence-corrected chi connectivity index (χ1v) is 17.3. The van der Waals surface area contributed by atoms with Gasteiger partial charge in [0.1, 0.15) is 5.58 Å². The number of para-hydroxylation sites is 4. The molecule has 12 rings (SSSR count). The van der Waals surface area contributed by atoms with E-state index in [-0.39, 0.29) is 0 Å². The monoisotopic (exact) mass is 650 g/mol. The smallest absolute Gasteiger partial charge is 0.233 e. The zero-order chi connectivity index (χ0) is 33.2. The number of furan rings is 1. The van der Waals surface area contributed by atoms with Gasteiger partial charge in [-0.2, -0.15) is 4.98 Å². The molecular formula is C46H26N4O. The normalized spacial score (nSPS) is 12.3. The molecule has 5 heteroatoms. The highest BCUT2D eigenvalue weighted by atomic mass is 16.3. The van der Waals surface area contributed by atoms with Gasteiger partial charge in [-0.05, 0) is 41.5 Å². The first-order valence-electron chi connectivity index (χ1n) is 17.3. The molecule has 0 atom stereocenters. The molecule has 0 aliphatic carbocycles. The van der Waals surface area contributed by atoms with Crippen LogP contribution in [0.25, 0.3) is 110 Å². The summed E-state index contributed by atoms with van der Waals surface area (Å²) in [6.45, 7) is 0. The van der Waals surface area contributed by atoms with Crippen LogP contribution in [0.2, 0.25) is 0 Å². The molecule has 7 aromatic carbocycles. The summed E-state index contributed by atoms with van der Waals surface area (Å²) in [5, 5.41) is 9.22. The van der Waals surface area contributed by atoms with E-state index in [9.17, 15) is 0 Å². The Hall–Kier alpha value is -6.98. The molecule has 12 aromatic rings. The van der Waals surface area contributed by atoms with Gasteiger partial charge in [0.2, 0.25) is 5.71 Å². The van der Waals surface area contributed by atoms with Gasteiger partial charge < -0.3 is 8.82 Å². The van der Waals surface area contributed by atoms with Crippen LogP contribution in [0.3, 0.4) is 0 Å². The van der Waals surface area contributed by atoms with Gasteiger partial charge in [0.05, 0.1) is 33.0 Å². The average Bonchev–Trinajstić information content (AvgIpc) is 3.93. The molecule has 0 N–H and O–H groups in total. The molecule has 0 amide bonds.